The smallest absolute Gasteiger partial charge is 0.0169 e. The van der Waals surface area contributed by atoms with Crippen molar-refractivity contribution in [3.63, 3.8) is 0 Å². The summed E-state index contributed by atoms with van der Waals surface area (Å²) in [4.78, 5) is 0. The minimum absolute atomic E-state index is 0.310. The second kappa shape index (κ2) is 5.34. The van der Waals surface area contributed by atoms with Gasteiger partial charge in [-0.15, -0.1) is 0 Å². The highest BCUT2D eigenvalue weighted by atomic mass is 14.2. The third kappa shape index (κ3) is 5.01. The minimum Gasteiger partial charge on any atom is -0.0958 e. The Morgan fingerprint density at radius 2 is 2.00 bits per heavy atom. The lowest BCUT2D eigenvalue weighted by molar-refractivity contribution is 0.442. The Kier molecular flexibility index (Phi) is 4.38. The monoisotopic (exact) mass is 204 g/mol. The molecule has 0 saturated heterocycles. The van der Waals surface area contributed by atoms with Crippen LogP contribution in [0.4, 0.5) is 0 Å². The minimum atomic E-state index is 0.310. The van der Waals surface area contributed by atoms with E-state index >= 15 is 0 Å². The van der Waals surface area contributed by atoms with Crippen LogP contribution in [-0.2, 0) is 0 Å². The van der Waals surface area contributed by atoms with Gasteiger partial charge in [0.2, 0.25) is 0 Å². The van der Waals surface area contributed by atoms with E-state index in [0.29, 0.717) is 5.41 Å². The van der Waals surface area contributed by atoms with Crippen molar-refractivity contribution in [3.05, 3.63) is 36.0 Å². The van der Waals surface area contributed by atoms with E-state index < -0.39 is 0 Å². The zero-order valence-electron chi connectivity index (χ0n) is 10.5. The summed E-state index contributed by atoms with van der Waals surface area (Å²) in [5.74, 6) is 0. The molecule has 0 saturated carbocycles. The Morgan fingerprint density at radius 3 is 2.73 bits per heavy atom. The zero-order chi connectivity index (χ0) is 11.3. The Morgan fingerprint density at radius 1 is 1.27 bits per heavy atom. The van der Waals surface area contributed by atoms with Gasteiger partial charge < -0.3 is 0 Å². The zero-order valence-corrected chi connectivity index (χ0v) is 10.5. The fourth-order valence-corrected chi connectivity index (χ4v) is 1.90. The van der Waals surface area contributed by atoms with Gasteiger partial charge in [0.25, 0.3) is 0 Å². The molecular formula is C15H24. The highest BCUT2D eigenvalue weighted by Gasteiger charge is 2.12. The van der Waals surface area contributed by atoms with E-state index in [1.54, 1.807) is 5.57 Å². The van der Waals surface area contributed by atoms with Crippen LogP contribution < -0.4 is 0 Å². The molecule has 1 aliphatic carbocycles. The lowest BCUT2D eigenvalue weighted by atomic mass is 9.86. The Hall–Kier alpha value is -0.780. The summed E-state index contributed by atoms with van der Waals surface area (Å²) in [6.07, 6.45) is 13.0. The molecule has 0 aliphatic heterocycles. The second-order valence-corrected chi connectivity index (χ2v) is 5.42. The summed E-state index contributed by atoms with van der Waals surface area (Å²) in [6.45, 7) is 11.0. The Bertz CT molecular complexity index is 276. The Labute approximate surface area is 94.8 Å². The van der Waals surface area contributed by atoms with Crippen molar-refractivity contribution in [3.8, 4) is 0 Å². The van der Waals surface area contributed by atoms with Crippen molar-refractivity contribution < 1.29 is 0 Å². The molecule has 0 bridgehead atoms. The van der Waals surface area contributed by atoms with E-state index in [-0.39, 0.29) is 0 Å². The van der Waals surface area contributed by atoms with Crippen LogP contribution in [0, 0.1) is 5.41 Å². The molecule has 0 amide bonds. The molecular weight excluding hydrogens is 180 g/mol. The molecule has 0 radical (unpaired) electrons. The molecule has 0 fully saturated rings. The quantitative estimate of drug-likeness (QED) is 0.485. The van der Waals surface area contributed by atoms with Gasteiger partial charge >= 0.3 is 0 Å². The van der Waals surface area contributed by atoms with Crippen LogP contribution in [0.25, 0.3) is 0 Å². The van der Waals surface area contributed by atoms with E-state index in [1.807, 2.05) is 0 Å². The average Bonchev–Trinajstić information content (AvgIpc) is 2.15. The molecule has 0 heteroatoms. The van der Waals surface area contributed by atoms with Crippen molar-refractivity contribution in [2.75, 3.05) is 0 Å². The molecule has 84 valence electrons. The van der Waals surface area contributed by atoms with Crippen LogP contribution in [0.5, 0.6) is 0 Å². The molecule has 1 rings (SSSR count). The molecule has 0 unspecified atom stereocenters. The molecule has 0 aromatic rings. The standard InChI is InChI=1S/C15H24/c1-13-7-5-8-14(2)10-12-15(3,4)11-6-9-13/h9-10,12H,2,5-8,11H2,1,3-4H3. The lowest BCUT2D eigenvalue weighted by Crippen LogP contribution is -2.06. The van der Waals surface area contributed by atoms with E-state index in [9.17, 15) is 0 Å². The number of hydrogen-bond acceptors (Lipinski definition) is 0. The van der Waals surface area contributed by atoms with Gasteiger partial charge in [0.1, 0.15) is 0 Å². The third-order valence-electron chi connectivity index (χ3n) is 3.12. The molecule has 0 aromatic carbocycles. The van der Waals surface area contributed by atoms with Gasteiger partial charge in [-0.25, -0.2) is 0 Å². The molecule has 15 heavy (non-hydrogen) atoms. The SMILES string of the molecule is C=C1C=CC(C)(C)CCC=C(C)CCC1. The summed E-state index contributed by atoms with van der Waals surface area (Å²) in [6, 6.07) is 0. The molecule has 0 N–H and O–H groups in total. The topological polar surface area (TPSA) is 0 Å². The van der Waals surface area contributed by atoms with Gasteiger partial charge in [-0.3, -0.25) is 0 Å². The average molecular weight is 204 g/mol. The van der Waals surface area contributed by atoms with Crippen LogP contribution >= 0.6 is 0 Å². The maximum absolute atomic E-state index is 4.10. The fraction of sp³-hybridized carbons (Fsp3) is 0.600. The first-order valence-electron chi connectivity index (χ1n) is 6.02. The van der Waals surface area contributed by atoms with Crippen molar-refractivity contribution in [1.29, 1.82) is 0 Å². The highest BCUT2D eigenvalue weighted by Crippen LogP contribution is 2.27. The summed E-state index contributed by atoms with van der Waals surface area (Å²) in [7, 11) is 0. The summed E-state index contributed by atoms with van der Waals surface area (Å²) >= 11 is 0. The Balaban J connectivity index is 2.72. The van der Waals surface area contributed by atoms with E-state index in [2.05, 4.69) is 45.6 Å². The van der Waals surface area contributed by atoms with Crippen LogP contribution in [0.15, 0.2) is 36.0 Å². The first kappa shape index (κ1) is 12.3. The maximum atomic E-state index is 4.10. The van der Waals surface area contributed by atoms with Gasteiger partial charge in [0.05, 0.1) is 0 Å². The molecule has 0 nitrogen and oxygen atoms in total. The lowest BCUT2D eigenvalue weighted by Gasteiger charge is -2.19. The summed E-state index contributed by atoms with van der Waals surface area (Å²) < 4.78 is 0. The number of rotatable bonds is 0. The van der Waals surface area contributed by atoms with Crippen molar-refractivity contribution in [2.45, 2.75) is 52.9 Å². The van der Waals surface area contributed by atoms with Gasteiger partial charge in [-0.05, 0) is 44.4 Å². The first-order valence-corrected chi connectivity index (χ1v) is 6.02. The van der Waals surface area contributed by atoms with Gasteiger partial charge in [-0.1, -0.05) is 49.8 Å². The van der Waals surface area contributed by atoms with Crippen molar-refractivity contribution >= 4 is 0 Å². The van der Waals surface area contributed by atoms with Gasteiger partial charge in [-0.2, -0.15) is 0 Å². The van der Waals surface area contributed by atoms with Crippen LogP contribution in [0.3, 0.4) is 0 Å². The fourth-order valence-electron chi connectivity index (χ4n) is 1.90. The molecule has 1 aliphatic rings. The van der Waals surface area contributed by atoms with Gasteiger partial charge in [0.15, 0.2) is 0 Å². The molecule has 0 aromatic heterocycles. The molecule has 0 spiro atoms. The predicted molar refractivity (Wildman–Crippen MR) is 68.9 cm³/mol. The van der Waals surface area contributed by atoms with E-state index in [4.69, 9.17) is 0 Å². The molecule has 0 heterocycles. The normalized spacial score (nSPS) is 23.1. The van der Waals surface area contributed by atoms with Crippen molar-refractivity contribution in [2.24, 2.45) is 5.41 Å². The maximum Gasteiger partial charge on any atom is -0.0169 e. The van der Waals surface area contributed by atoms with Gasteiger partial charge in [0, 0.05) is 0 Å². The largest absolute Gasteiger partial charge is 0.0958 e. The second-order valence-electron chi connectivity index (χ2n) is 5.42. The summed E-state index contributed by atoms with van der Waals surface area (Å²) in [5.41, 5.74) is 3.13. The van der Waals surface area contributed by atoms with Crippen LogP contribution in [-0.4, -0.2) is 0 Å². The predicted octanol–water partition coefficient (Wildman–Crippen LogP) is 5.04. The van der Waals surface area contributed by atoms with Crippen molar-refractivity contribution in [1.82, 2.24) is 0 Å². The van der Waals surface area contributed by atoms with E-state index in [0.717, 1.165) is 6.42 Å². The summed E-state index contributed by atoms with van der Waals surface area (Å²) in [5, 5.41) is 0. The third-order valence-corrected chi connectivity index (χ3v) is 3.12. The van der Waals surface area contributed by atoms with Crippen LogP contribution in [0.2, 0.25) is 0 Å². The molecule has 0 atom stereocenters. The number of hydrogen-bond donors (Lipinski definition) is 0. The first-order chi connectivity index (χ1) is 6.99. The number of allylic oxidation sites excluding steroid dienone is 5. The highest BCUT2D eigenvalue weighted by molar-refractivity contribution is 5.17. The van der Waals surface area contributed by atoms with Crippen LogP contribution in [0.1, 0.15) is 52.9 Å². The van der Waals surface area contributed by atoms with E-state index in [1.165, 1.54) is 31.3 Å².